The zero-order valence-corrected chi connectivity index (χ0v) is 23.5. The quantitative estimate of drug-likeness (QED) is 0.362. The molecule has 0 radical (unpaired) electrons. The molecule has 5 rings (SSSR count). The zero-order chi connectivity index (χ0) is 29.1. The minimum absolute atomic E-state index is 0.00947. The van der Waals surface area contributed by atoms with Gasteiger partial charge in [0, 0.05) is 12.1 Å². The minimum Gasteiger partial charge on any atom is -0.483 e. The Morgan fingerprint density at radius 2 is 1.83 bits per heavy atom. The third-order valence-electron chi connectivity index (χ3n) is 7.43. The van der Waals surface area contributed by atoms with Gasteiger partial charge in [0.15, 0.2) is 12.1 Å². The lowest BCUT2D eigenvalue weighted by atomic mass is 9.96. The van der Waals surface area contributed by atoms with Crippen LogP contribution < -0.4 is 14.2 Å². The monoisotopic (exact) mass is 570 g/mol. The fourth-order valence-electron chi connectivity index (χ4n) is 5.41. The van der Waals surface area contributed by atoms with E-state index in [0.29, 0.717) is 55.7 Å². The number of halogens is 1. The average Bonchev–Trinajstić information content (AvgIpc) is 3.60. The van der Waals surface area contributed by atoms with Crippen molar-refractivity contribution in [3.8, 4) is 29.1 Å². The molecule has 1 N–H and O–H groups in total. The van der Waals surface area contributed by atoms with Gasteiger partial charge in [0.05, 0.1) is 6.61 Å². The lowest BCUT2D eigenvalue weighted by Crippen LogP contribution is -2.42. The molecule has 1 aliphatic heterocycles. The fraction of sp³-hybridized carbons (Fsp3) is 0.552. The van der Waals surface area contributed by atoms with Crippen LogP contribution in [0.2, 0.25) is 0 Å². The first kappa shape index (κ1) is 28.6. The number of aryl methyl sites for hydroxylation is 2. The molecular formula is C29H35FN4O7. The topological polar surface area (TPSA) is 137 Å². The van der Waals surface area contributed by atoms with Gasteiger partial charge in [-0.3, -0.25) is 4.79 Å². The Labute approximate surface area is 237 Å². The number of hydrogen-bond donors (Lipinski definition) is 1. The number of rotatable bonds is 10. The number of aromatic nitrogens is 3. The summed E-state index contributed by atoms with van der Waals surface area (Å²) < 4.78 is 37.9. The second kappa shape index (κ2) is 12.3. The van der Waals surface area contributed by atoms with Crippen molar-refractivity contribution < 1.29 is 37.7 Å². The number of ether oxygens (including phenoxy) is 3. The molecule has 1 saturated heterocycles. The van der Waals surface area contributed by atoms with E-state index in [-0.39, 0.29) is 36.0 Å². The number of benzene rings is 1. The van der Waals surface area contributed by atoms with Gasteiger partial charge in [-0.1, -0.05) is 13.3 Å². The van der Waals surface area contributed by atoms with Gasteiger partial charge in [-0.15, -0.1) is 0 Å². The van der Waals surface area contributed by atoms with E-state index in [0.717, 1.165) is 30.4 Å². The van der Waals surface area contributed by atoms with Gasteiger partial charge in [0.25, 0.3) is 17.5 Å². The number of hydrogen-bond acceptors (Lipinski definition) is 9. The molecule has 0 spiro atoms. The smallest absolute Gasteiger partial charge is 0.326 e. The van der Waals surface area contributed by atoms with Crippen molar-refractivity contribution in [3.63, 3.8) is 0 Å². The molecule has 2 aliphatic rings. The average molecular weight is 571 g/mol. The van der Waals surface area contributed by atoms with Crippen molar-refractivity contribution >= 4 is 23.1 Å². The molecule has 2 fully saturated rings. The van der Waals surface area contributed by atoms with Gasteiger partial charge in [-0.25, -0.2) is 14.2 Å². The highest BCUT2D eigenvalue weighted by Crippen LogP contribution is 2.34. The number of carbonyl (C=O) groups excluding carboxylic acids is 1. The van der Waals surface area contributed by atoms with Crippen LogP contribution in [0, 0.1) is 13.8 Å². The van der Waals surface area contributed by atoms with E-state index in [1.165, 1.54) is 4.90 Å². The molecule has 3 aromatic rings. The molecule has 1 amide bonds. The molecule has 2 aromatic heterocycles. The third-order valence-corrected chi connectivity index (χ3v) is 7.43. The van der Waals surface area contributed by atoms with E-state index in [2.05, 4.69) is 15.0 Å². The number of likely N-dealkylation sites (tertiary alicyclic amines) is 1. The molecule has 1 aliphatic carbocycles. The van der Waals surface area contributed by atoms with Gasteiger partial charge >= 0.3 is 12.0 Å². The molecule has 11 nitrogen and oxygen atoms in total. The number of aliphatic carboxylic acids is 1. The lowest BCUT2D eigenvalue weighted by molar-refractivity contribution is -0.149. The number of nitrogens with zero attached hydrogens (tertiary/aromatic N) is 4. The largest absolute Gasteiger partial charge is 0.483 e. The van der Waals surface area contributed by atoms with Gasteiger partial charge in [0.1, 0.15) is 24.1 Å². The van der Waals surface area contributed by atoms with Crippen molar-refractivity contribution in [1.29, 1.82) is 0 Å². The van der Waals surface area contributed by atoms with Crippen LogP contribution in [-0.4, -0.2) is 74.9 Å². The Kier molecular flexibility index (Phi) is 8.55. The molecule has 3 heterocycles. The van der Waals surface area contributed by atoms with E-state index in [1.807, 2.05) is 32.9 Å². The van der Waals surface area contributed by atoms with E-state index >= 15 is 0 Å². The predicted molar refractivity (Wildman–Crippen MR) is 146 cm³/mol. The number of carbonyl (C=O) groups is 2. The van der Waals surface area contributed by atoms with Crippen LogP contribution in [0.25, 0.3) is 22.7 Å². The van der Waals surface area contributed by atoms with Crippen LogP contribution in [-0.2, 0) is 9.59 Å². The van der Waals surface area contributed by atoms with Crippen LogP contribution in [0.5, 0.6) is 17.6 Å². The van der Waals surface area contributed by atoms with E-state index in [4.69, 9.17) is 18.6 Å². The Morgan fingerprint density at radius 3 is 2.54 bits per heavy atom. The standard InChI is InChI=1S/C29H35FN4O7/c1-4-12-38-26-23-27(33-29(32-26)40-21-10-6-5-8-19(21)30)41-25(31-23)18-13-16(2)24(17(3)14-18)39-15-22(35)34-11-7-9-20(34)28(36)37/h13-14,19-21H,4-12,15H2,1-3H3,(H,36,37)/t19?,20-,21?/m0/s1. The summed E-state index contributed by atoms with van der Waals surface area (Å²) in [4.78, 5) is 38.8. The summed E-state index contributed by atoms with van der Waals surface area (Å²) >= 11 is 0. The van der Waals surface area contributed by atoms with Gasteiger partial charge in [-0.2, -0.15) is 9.97 Å². The maximum atomic E-state index is 14.4. The molecule has 41 heavy (non-hydrogen) atoms. The molecule has 1 saturated carbocycles. The van der Waals surface area contributed by atoms with Crippen LogP contribution >= 0.6 is 0 Å². The summed E-state index contributed by atoms with van der Waals surface area (Å²) in [5.41, 5.74) is 2.65. The number of fused-ring (bicyclic) bond motifs is 1. The summed E-state index contributed by atoms with van der Waals surface area (Å²) in [6, 6.07) is 2.82. The Morgan fingerprint density at radius 1 is 1.07 bits per heavy atom. The van der Waals surface area contributed by atoms with Crippen LogP contribution in [0.3, 0.4) is 0 Å². The lowest BCUT2D eigenvalue weighted by Gasteiger charge is -2.25. The van der Waals surface area contributed by atoms with Crippen molar-refractivity contribution in [2.45, 2.75) is 84.0 Å². The first-order valence-corrected chi connectivity index (χ1v) is 14.1. The predicted octanol–water partition coefficient (Wildman–Crippen LogP) is 4.80. The molecular weight excluding hydrogens is 535 g/mol. The summed E-state index contributed by atoms with van der Waals surface area (Å²) in [5.74, 6) is -0.344. The molecule has 2 unspecified atom stereocenters. The maximum absolute atomic E-state index is 14.4. The number of alkyl halides is 1. The summed E-state index contributed by atoms with van der Waals surface area (Å²) in [7, 11) is 0. The minimum atomic E-state index is -1.08. The number of carboxylic acids is 1. The number of carboxylic acid groups (broad SMARTS) is 1. The van der Waals surface area contributed by atoms with Crippen molar-refractivity contribution in [2.75, 3.05) is 19.8 Å². The van der Waals surface area contributed by atoms with Crippen LogP contribution in [0.4, 0.5) is 4.39 Å². The highest BCUT2D eigenvalue weighted by atomic mass is 19.1. The molecule has 0 bridgehead atoms. The van der Waals surface area contributed by atoms with E-state index in [1.54, 1.807) is 0 Å². The first-order valence-electron chi connectivity index (χ1n) is 14.1. The molecule has 1 aromatic carbocycles. The summed E-state index contributed by atoms with van der Waals surface area (Å²) in [5, 5.41) is 9.37. The first-order chi connectivity index (χ1) is 19.7. The summed E-state index contributed by atoms with van der Waals surface area (Å²) in [6.45, 7) is 6.20. The maximum Gasteiger partial charge on any atom is 0.326 e. The van der Waals surface area contributed by atoms with Crippen LogP contribution in [0.15, 0.2) is 16.5 Å². The van der Waals surface area contributed by atoms with Gasteiger partial charge < -0.3 is 28.6 Å². The third kappa shape index (κ3) is 6.20. The Hall–Kier alpha value is -3.96. The highest BCUT2D eigenvalue weighted by molar-refractivity contribution is 5.85. The second-order valence-electron chi connectivity index (χ2n) is 10.6. The number of oxazole rings is 1. The van der Waals surface area contributed by atoms with E-state index in [9.17, 15) is 19.1 Å². The zero-order valence-electron chi connectivity index (χ0n) is 23.5. The van der Waals surface area contributed by atoms with Crippen molar-refractivity contribution in [3.05, 3.63) is 23.3 Å². The molecule has 12 heteroatoms. The van der Waals surface area contributed by atoms with E-state index < -0.39 is 24.3 Å². The Balaban J connectivity index is 1.37. The fourth-order valence-corrected chi connectivity index (χ4v) is 5.41. The SMILES string of the molecule is CCCOc1nc(OC2CCCCC2F)nc2oc(-c3cc(C)c(OCC(=O)N4CCC[C@H]4C(=O)O)c(C)c3)nc12. The second-order valence-corrected chi connectivity index (χ2v) is 10.6. The van der Waals surface area contributed by atoms with Crippen LogP contribution in [0.1, 0.15) is 63.0 Å². The van der Waals surface area contributed by atoms with Crippen molar-refractivity contribution in [1.82, 2.24) is 19.9 Å². The Bertz CT molecular complexity index is 1400. The molecule has 220 valence electrons. The normalized spacial score (nSPS) is 20.8. The summed E-state index contributed by atoms with van der Waals surface area (Å²) in [6.07, 6.45) is 2.90. The van der Waals surface area contributed by atoms with Crippen molar-refractivity contribution in [2.24, 2.45) is 0 Å². The van der Waals surface area contributed by atoms with Gasteiger partial charge in [-0.05, 0) is 75.6 Å². The van der Waals surface area contributed by atoms with Gasteiger partial charge in [0.2, 0.25) is 5.89 Å². The highest BCUT2D eigenvalue weighted by Gasteiger charge is 2.34. The number of amides is 1. The molecule has 3 atom stereocenters.